The fourth-order valence-corrected chi connectivity index (χ4v) is 5.90. The van der Waals surface area contributed by atoms with Gasteiger partial charge in [-0.3, -0.25) is 0 Å². The van der Waals surface area contributed by atoms with Gasteiger partial charge in [0, 0.05) is 17.6 Å². The summed E-state index contributed by atoms with van der Waals surface area (Å²) in [6, 6.07) is 24.3. The zero-order chi connectivity index (χ0) is 22.1. The van der Waals surface area contributed by atoms with E-state index in [2.05, 4.69) is 11.9 Å². The van der Waals surface area contributed by atoms with Crippen molar-refractivity contribution in [3.63, 3.8) is 0 Å². The van der Waals surface area contributed by atoms with Crippen molar-refractivity contribution in [3.05, 3.63) is 90.6 Å². The van der Waals surface area contributed by atoms with Crippen LogP contribution in [0.3, 0.4) is 0 Å². The molecule has 4 aromatic rings. The minimum Gasteiger partial charge on any atom is -0.457 e. The molecule has 0 bridgehead atoms. The van der Waals surface area contributed by atoms with Crippen LogP contribution in [0.2, 0.25) is 0 Å². The highest BCUT2D eigenvalue weighted by atomic mass is 32.2. The predicted molar refractivity (Wildman–Crippen MR) is 127 cm³/mol. The Morgan fingerprint density at radius 1 is 0.938 bits per heavy atom. The molecule has 0 N–H and O–H groups in total. The van der Waals surface area contributed by atoms with E-state index in [0.29, 0.717) is 17.3 Å². The lowest BCUT2D eigenvalue weighted by Crippen LogP contribution is -2.26. The zero-order valence-electron chi connectivity index (χ0n) is 18.0. The summed E-state index contributed by atoms with van der Waals surface area (Å²) in [5.41, 5.74) is 1.70. The molecule has 1 saturated heterocycles. The van der Waals surface area contributed by atoms with Gasteiger partial charge in [0.15, 0.2) is 0 Å². The van der Waals surface area contributed by atoms with Gasteiger partial charge in [-0.2, -0.15) is 0 Å². The van der Waals surface area contributed by atoms with Gasteiger partial charge in [0.25, 0.3) is 10.0 Å². The number of aromatic nitrogens is 1. The monoisotopic (exact) mass is 446 g/mol. The number of benzene rings is 3. The summed E-state index contributed by atoms with van der Waals surface area (Å²) in [4.78, 5) is 2.64. The molecule has 32 heavy (non-hydrogen) atoms. The molecular formula is C26H26N2O3S. The predicted octanol–water partition coefficient (Wildman–Crippen LogP) is 5.31. The van der Waals surface area contributed by atoms with Gasteiger partial charge >= 0.3 is 0 Å². The normalized spacial score (nSPS) is 17.1. The number of rotatable bonds is 6. The second-order valence-corrected chi connectivity index (χ2v) is 10.2. The molecule has 164 valence electrons. The van der Waals surface area contributed by atoms with E-state index < -0.39 is 10.0 Å². The summed E-state index contributed by atoms with van der Waals surface area (Å²) in [6.45, 7) is 1.08. The van der Waals surface area contributed by atoms with E-state index in [1.165, 1.54) is 10.4 Å². The number of hydrogen-bond donors (Lipinski definition) is 0. The summed E-state index contributed by atoms with van der Waals surface area (Å²) in [7, 11) is -1.56. The minimum absolute atomic E-state index is 0.283. The summed E-state index contributed by atoms with van der Waals surface area (Å²) >= 11 is 0. The molecule has 3 aromatic carbocycles. The summed E-state index contributed by atoms with van der Waals surface area (Å²) in [6.07, 6.45) is 4.89. The molecule has 5 rings (SSSR count). The highest BCUT2D eigenvalue weighted by Gasteiger charge is 2.26. The van der Waals surface area contributed by atoms with Crippen molar-refractivity contribution >= 4 is 20.9 Å². The van der Waals surface area contributed by atoms with Crippen molar-refractivity contribution in [2.45, 2.75) is 30.2 Å². The van der Waals surface area contributed by atoms with Crippen molar-refractivity contribution in [2.24, 2.45) is 0 Å². The second kappa shape index (κ2) is 8.45. The lowest BCUT2D eigenvalue weighted by molar-refractivity contribution is 0.310. The minimum atomic E-state index is -3.70. The maximum Gasteiger partial charge on any atom is 0.268 e. The number of hydrogen-bond acceptors (Lipinski definition) is 4. The van der Waals surface area contributed by atoms with Crippen molar-refractivity contribution in [2.75, 3.05) is 13.6 Å². The van der Waals surface area contributed by atoms with Crippen LogP contribution in [0.25, 0.3) is 10.9 Å². The molecule has 6 heteroatoms. The van der Waals surface area contributed by atoms with Gasteiger partial charge in [0.2, 0.25) is 0 Å². The fourth-order valence-electron chi connectivity index (χ4n) is 4.49. The van der Waals surface area contributed by atoms with Crippen LogP contribution in [-0.2, 0) is 16.4 Å². The van der Waals surface area contributed by atoms with Crippen LogP contribution in [0.1, 0.15) is 18.4 Å². The van der Waals surface area contributed by atoms with Gasteiger partial charge in [0.05, 0.1) is 10.4 Å². The third-order valence-electron chi connectivity index (χ3n) is 6.23. The van der Waals surface area contributed by atoms with Crippen molar-refractivity contribution < 1.29 is 13.2 Å². The molecule has 0 saturated carbocycles. The lowest BCUT2D eigenvalue weighted by Gasteiger charge is -2.18. The van der Waals surface area contributed by atoms with Crippen LogP contribution >= 0.6 is 0 Å². The van der Waals surface area contributed by atoms with Crippen LogP contribution in [0.5, 0.6) is 11.5 Å². The molecule has 1 unspecified atom stereocenters. The van der Waals surface area contributed by atoms with Gasteiger partial charge in [-0.25, -0.2) is 12.4 Å². The fraction of sp³-hybridized carbons (Fsp3) is 0.231. The largest absolute Gasteiger partial charge is 0.457 e. The Labute approximate surface area is 188 Å². The average Bonchev–Trinajstić information content (AvgIpc) is 3.39. The third-order valence-corrected chi connectivity index (χ3v) is 7.92. The molecule has 1 aliphatic rings. The quantitative estimate of drug-likeness (QED) is 0.403. The van der Waals surface area contributed by atoms with E-state index >= 15 is 0 Å². The van der Waals surface area contributed by atoms with Crippen LogP contribution < -0.4 is 4.74 Å². The first-order chi connectivity index (χ1) is 15.5. The van der Waals surface area contributed by atoms with E-state index in [1.807, 2.05) is 54.6 Å². The molecule has 0 amide bonds. The molecule has 5 nitrogen and oxygen atoms in total. The first kappa shape index (κ1) is 20.8. The van der Waals surface area contributed by atoms with E-state index in [4.69, 9.17) is 4.74 Å². The summed E-state index contributed by atoms with van der Waals surface area (Å²) in [5, 5.41) is 0.915. The maximum absolute atomic E-state index is 13.5. The highest BCUT2D eigenvalue weighted by Crippen LogP contribution is 2.33. The molecule has 0 radical (unpaired) electrons. The van der Waals surface area contributed by atoms with Gasteiger partial charge in [-0.1, -0.05) is 36.4 Å². The Bertz CT molecular complexity index is 1330. The standard InChI is InChI=1S/C26H26N2O3S/c1-27-16-8-9-21(27)17-20-19-28(32(29,30)24-12-6-3-7-13-24)26-15-14-23(18-25(20)26)31-22-10-4-2-5-11-22/h2-7,10-15,18-19,21H,8-9,16-17H2,1H3. The van der Waals surface area contributed by atoms with Crippen LogP contribution in [0, 0.1) is 0 Å². The van der Waals surface area contributed by atoms with Crippen LogP contribution in [0.4, 0.5) is 0 Å². The van der Waals surface area contributed by atoms with E-state index in [0.717, 1.165) is 36.1 Å². The smallest absolute Gasteiger partial charge is 0.268 e. The molecule has 1 fully saturated rings. The molecular weight excluding hydrogens is 420 g/mol. The Morgan fingerprint density at radius 3 is 2.34 bits per heavy atom. The maximum atomic E-state index is 13.5. The molecule has 1 aromatic heterocycles. The number of para-hydroxylation sites is 1. The average molecular weight is 447 g/mol. The van der Waals surface area contributed by atoms with E-state index in [1.54, 1.807) is 30.5 Å². The Kier molecular flexibility index (Phi) is 5.49. The number of ether oxygens (including phenoxy) is 1. The zero-order valence-corrected chi connectivity index (χ0v) is 18.8. The van der Waals surface area contributed by atoms with Crippen molar-refractivity contribution in [1.29, 1.82) is 0 Å². The Morgan fingerprint density at radius 2 is 1.66 bits per heavy atom. The SMILES string of the molecule is CN1CCCC1Cc1cn(S(=O)(=O)c2ccccc2)c2ccc(Oc3ccccc3)cc12. The highest BCUT2D eigenvalue weighted by molar-refractivity contribution is 7.90. The summed E-state index contributed by atoms with van der Waals surface area (Å²) in [5.74, 6) is 1.44. The molecule has 2 heterocycles. The number of nitrogens with zero attached hydrogens (tertiary/aromatic N) is 2. The molecule has 1 aliphatic heterocycles. The first-order valence-corrected chi connectivity index (χ1v) is 12.3. The number of likely N-dealkylation sites (tertiary alicyclic amines) is 1. The first-order valence-electron chi connectivity index (χ1n) is 10.9. The van der Waals surface area contributed by atoms with Gasteiger partial charge in [-0.15, -0.1) is 0 Å². The topological polar surface area (TPSA) is 51.5 Å². The third kappa shape index (κ3) is 3.92. The van der Waals surface area contributed by atoms with Gasteiger partial charge in [-0.05, 0) is 80.9 Å². The lowest BCUT2D eigenvalue weighted by atomic mass is 10.0. The Balaban J connectivity index is 1.61. The van der Waals surface area contributed by atoms with Crippen LogP contribution in [-0.4, -0.2) is 36.9 Å². The molecule has 0 aliphatic carbocycles. The second-order valence-electron chi connectivity index (χ2n) is 8.34. The van der Waals surface area contributed by atoms with Gasteiger partial charge < -0.3 is 9.64 Å². The van der Waals surface area contributed by atoms with Crippen molar-refractivity contribution in [3.8, 4) is 11.5 Å². The molecule has 1 atom stereocenters. The van der Waals surface area contributed by atoms with E-state index in [9.17, 15) is 8.42 Å². The summed E-state index contributed by atoms with van der Waals surface area (Å²) < 4.78 is 34.4. The number of fused-ring (bicyclic) bond motifs is 1. The van der Waals surface area contributed by atoms with Crippen molar-refractivity contribution in [1.82, 2.24) is 8.87 Å². The number of likely N-dealkylation sites (N-methyl/N-ethyl adjacent to an activating group) is 1. The van der Waals surface area contributed by atoms with Crippen LogP contribution in [0.15, 0.2) is 90.0 Å². The molecule has 0 spiro atoms. The Hall–Kier alpha value is -3.09. The van der Waals surface area contributed by atoms with E-state index in [-0.39, 0.29) is 4.90 Å². The van der Waals surface area contributed by atoms with Gasteiger partial charge in [0.1, 0.15) is 11.5 Å².